The van der Waals surface area contributed by atoms with Crippen LogP contribution < -0.4 is 5.32 Å². The summed E-state index contributed by atoms with van der Waals surface area (Å²) in [7, 11) is 0. The molecule has 0 aliphatic heterocycles. The third-order valence-corrected chi connectivity index (χ3v) is 3.20. The normalized spacial score (nSPS) is 13.9. The molecule has 5 nitrogen and oxygen atoms in total. The van der Waals surface area contributed by atoms with Crippen LogP contribution in [-0.2, 0) is 16.1 Å². The summed E-state index contributed by atoms with van der Waals surface area (Å²) >= 11 is 0. The van der Waals surface area contributed by atoms with Crippen LogP contribution in [0.4, 0.5) is 18.0 Å². The molecule has 0 saturated carbocycles. The minimum Gasteiger partial charge on any atom is -0.480 e. The van der Waals surface area contributed by atoms with Crippen LogP contribution >= 0.6 is 0 Å². The summed E-state index contributed by atoms with van der Waals surface area (Å²) in [5, 5.41) is 11.3. The van der Waals surface area contributed by atoms with E-state index in [-0.39, 0.29) is 13.0 Å². The molecular weight excluding hydrogens is 315 g/mol. The smallest absolute Gasteiger partial charge is 0.408 e. The van der Waals surface area contributed by atoms with Crippen molar-refractivity contribution in [2.45, 2.75) is 44.5 Å². The number of ether oxygens (including phenoxy) is 1. The van der Waals surface area contributed by atoms with Crippen molar-refractivity contribution in [1.82, 2.24) is 5.32 Å². The molecule has 1 unspecified atom stereocenters. The number of carbonyl (C=O) groups is 2. The van der Waals surface area contributed by atoms with Gasteiger partial charge in [-0.15, -0.1) is 0 Å². The topological polar surface area (TPSA) is 75.6 Å². The maximum atomic E-state index is 12.1. The maximum absolute atomic E-state index is 12.1. The number of halogens is 3. The molecule has 0 fully saturated rings. The van der Waals surface area contributed by atoms with Crippen molar-refractivity contribution in [3.8, 4) is 0 Å². The lowest BCUT2D eigenvalue weighted by Gasteiger charge is -2.26. The molecule has 1 amide bonds. The molecule has 23 heavy (non-hydrogen) atoms. The van der Waals surface area contributed by atoms with Crippen molar-refractivity contribution in [3.05, 3.63) is 35.9 Å². The minimum atomic E-state index is -4.37. The van der Waals surface area contributed by atoms with E-state index in [9.17, 15) is 22.8 Å². The monoisotopic (exact) mass is 333 g/mol. The second-order valence-corrected chi connectivity index (χ2v) is 5.29. The number of carboxylic acids is 1. The summed E-state index contributed by atoms with van der Waals surface area (Å²) in [6.45, 7) is 1.08. The van der Waals surface area contributed by atoms with Crippen molar-refractivity contribution in [3.63, 3.8) is 0 Å². The second-order valence-electron chi connectivity index (χ2n) is 5.29. The summed E-state index contributed by atoms with van der Waals surface area (Å²) in [5.41, 5.74) is -1.12. The molecule has 0 bridgehead atoms. The number of hydrogen-bond acceptors (Lipinski definition) is 3. The zero-order chi connectivity index (χ0) is 17.5. The molecule has 1 aromatic rings. The average Bonchev–Trinajstić information content (AvgIpc) is 2.44. The first-order valence-electron chi connectivity index (χ1n) is 6.91. The van der Waals surface area contributed by atoms with Crippen LogP contribution in [0.15, 0.2) is 30.3 Å². The van der Waals surface area contributed by atoms with Gasteiger partial charge in [0.05, 0.1) is 0 Å². The Balaban J connectivity index is 2.53. The van der Waals surface area contributed by atoms with Crippen LogP contribution in [0.1, 0.15) is 31.7 Å². The van der Waals surface area contributed by atoms with Gasteiger partial charge in [0.1, 0.15) is 12.1 Å². The molecular formula is C15H18F3NO4. The van der Waals surface area contributed by atoms with Gasteiger partial charge in [0.2, 0.25) is 0 Å². The van der Waals surface area contributed by atoms with Gasteiger partial charge in [0.15, 0.2) is 0 Å². The molecule has 0 spiro atoms. The Labute approximate surface area is 131 Å². The fourth-order valence-electron chi connectivity index (χ4n) is 1.85. The predicted molar refractivity (Wildman–Crippen MR) is 75.7 cm³/mol. The zero-order valence-electron chi connectivity index (χ0n) is 12.5. The number of amides is 1. The summed E-state index contributed by atoms with van der Waals surface area (Å²) in [5.74, 6) is -1.42. The van der Waals surface area contributed by atoms with E-state index in [1.807, 2.05) is 0 Å². The summed E-state index contributed by atoms with van der Waals surface area (Å²) in [6, 6.07) is 8.70. The quantitative estimate of drug-likeness (QED) is 0.801. The fraction of sp³-hybridized carbons (Fsp3) is 0.467. The van der Waals surface area contributed by atoms with Gasteiger partial charge < -0.3 is 15.2 Å². The molecule has 1 atom stereocenters. The van der Waals surface area contributed by atoms with Gasteiger partial charge in [-0.3, -0.25) is 0 Å². The van der Waals surface area contributed by atoms with E-state index in [0.717, 1.165) is 6.92 Å². The highest BCUT2D eigenvalue weighted by molar-refractivity contribution is 5.83. The lowest BCUT2D eigenvalue weighted by Crippen LogP contribution is -2.52. The van der Waals surface area contributed by atoms with E-state index in [2.05, 4.69) is 5.32 Å². The maximum Gasteiger partial charge on any atom is 0.408 e. The number of carbonyl (C=O) groups excluding carboxylic acids is 1. The number of benzene rings is 1. The molecule has 8 heteroatoms. The van der Waals surface area contributed by atoms with Crippen LogP contribution in [-0.4, -0.2) is 28.9 Å². The van der Waals surface area contributed by atoms with E-state index < -0.39 is 36.6 Å². The molecule has 0 aromatic heterocycles. The molecule has 0 aliphatic rings. The Morgan fingerprint density at radius 1 is 1.17 bits per heavy atom. The molecule has 0 heterocycles. The third-order valence-electron chi connectivity index (χ3n) is 3.20. The Morgan fingerprint density at radius 2 is 1.78 bits per heavy atom. The van der Waals surface area contributed by atoms with Gasteiger partial charge in [-0.2, -0.15) is 13.2 Å². The number of alkyl halides is 3. The van der Waals surface area contributed by atoms with Crippen LogP contribution in [0.3, 0.4) is 0 Å². The van der Waals surface area contributed by atoms with Crippen LogP contribution in [0.25, 0.3) is 0 Å². The van der Waals surface area contributed by atoms with Crippen molar-refractivity contribution < 1.29 is 32.6 Å². The average molecular weight is 333 g/mol. The number of aliphatic carboxylic acids is 1. The van der Waals surface area contributed by atoms with E-state index in [1.54, 1.807) is 30.3 Å². The summed E-state index contributed by atoms with van der Waals surface area (Å²) in [6.07, 6.45) is -7.25. The SMILES string of the molecule is CC(CCCC(F)(F)F)(NC(=O)OCc1ccccc1)C(=O)O. The highest BCUT2D eigenvalue weighted by atomic mass is 19.4. The number of nitrogens with one attached hydrogen (secondary N) is 1. The Bertz CT molecular complexity index is 533. The highest BCUT2D eigenvalue weighted by Gasteiger charge is 2.37. The van der Waals surface area contributed by atoms with Crippen LogP contribution in [0.5, 0.6) is 0 Å². The largest absolute Gasteiger partial charge is 0.480 e. The molecule has 0 aliphatic carbocycles. The molecule has 1 aromatic carbocycles. The van der Waals surface area contributed by atoms with Crippen molar-refractivity contribution in [2.75, 3.05) is 0 Å². The Hall–Kier alpha value is -2.25. The first kappa shape index (κ1) is 18.8. The predicted octanol–water partition coefficient (Wildman–Crippen LogP) is 3.49. The highest BCUT2D eigenvalue weighted by Crippen LogP contribution is 2.25. The van der Waals surface area contributed by atoms with E-state index in [1.165, 1.54) is 0 Å². The number of hydrogen-bond donors (Lipinski definition) is 2. The third kappa shape index (κ3) is 7.03. The van der Waals surface area contributed by atoms with E-state index >= 15 is 0 Å². The van der Waals surface area contributed by atoms with Gasteiger partial charge in [-0.05, 0) is 25.3 Å². The molecule has 0 radical (unpaired) electrons. The summed E-state index contributed by atoms with van der Waals surface area (Å²) < 4.78 is 41.3. The van der Waals surface area contributed by atoms with Crippen molar-refractivity contribution >= 4 is 12.1 Å². The first-order chi connectivity index (χ1) is 10.6. The van der Waals surface area contributed by atoms with Gasteiger partial charge in [0, 0.05) is 6.42 Å². The molecule has 2 N–H and O–H groups in total. The number of rotatable bonds is 7. The van der Waals surface area contributed by atoms with Crippen LogP contribution in [0.2, 0.25) is 0 Å². The molecule has 0 saturated heterocycles. The Kier molecular flexibility index (Phi) is 6.41. The standard InChI is InChI=1S/C15H18F3NO4/c1-14(12(20)21,8-5-9-15(16,17)18)19-13(22)23-10-11-6-3-2-4-7-11/h2-4,6-7H,5,8-10H2,1H3,(H,19,22)(H,20,21). The van der Waals surface area contributed by atoms with Gasteiger partial charge in [-0.25, -0.2) is 9.59 Å². The number of carboxylic acid groups (broad SMARTS) is 1. The van der Waals surface area contributed by atoms with Crippen molar-refractivity contribution in [2.24, 2.45) is 0 Å². The van der Waals surface area contributed by atoms with Gasteiger partial charge >= 0.3 is 18.2 Å². The van der Waals surface area contributed by atoms with E-state index in [4.69, 9.17) is 9.84 Å². The first-order valence-corrected chi connectivity index (χ1v) is 6.91. The fourth-order valence-corrected chi connectivity index (χ4v) is 1.85. The van der Waals surface area contributed by atoms with Gasteiger partial charge in [-0.1, -0.05) is 30.3 Å². The van der Waals surface area contributed by atoms with E-state index in [0.29, 0.717) is 5.56 Å². The molecule has 1 rings (SSSR count). The molecule has 128 valence electrons. The second kappa shape index (κ2) is 7.85. The lowest BCUT2D eigenvalue weighted by atomic mass is 9.95. The number of alkyl carbamates (subject to hydrolysis) is 1. The Morgan fingerprint density at radius 3 is 2.30 bits per heavy atom. The lowest BCUT2D eigenvalue weighted by molar-refractivity contribution is -0.147. The summed E-state index contributed by atoms with van der Waals surface area (Å²) in [4.78, 5) is 22.9. The van der Waals surface area contributed by atoms with Crippen LogP contribution in [0, 0.1) is 0 Å². The minimum absolute atomic E-state index is 0.0646. The zero-order valence-corrected chi connectivity index (χ0v) is 12.5. The van der Waals surface area contributed by atoms with Crippen molar-refractivity contribution in [1.29, 1.82) is 0 Å². The van der Waals surface area contributed by atoms with Gasteiger partial charge in [0.25, 0.3) is 0 Å².